The van der Waals surface area contributed by atoms with Gasteiger partial charge in [0.05, 0.1) is 13.4 Å². The lowest BCUT2D eigenvalue weighted by Gasteiger charge is -2.08. The van der Waals surface area contributed by atoms with E-state index in [0.717, 1.165) is 16.3 Å². The first-order chi connectivity index (χ1) is 10.8. The summed E-state index contributed by atoms with van der Waals surface area (Å²) in [6.45, 7) is 6.57. The number of hydrogen-bond donors (Lipinski definition) is 1. The van der Waals surface area contributed by atoms with Gasteiger partial charge in [-0.1, -0.05) is 49.8 Å². The van der Waals surface area contributed by atoms with E-state index in [-0.39, 0.29) is 5.57 Å². The molecule has 2 aromatic carbocycles. The molecule has 0 heterocycles. The first-order valence-corrected chi connectivity index (χ1v) is 10.8. The first kappa shape index (κ1) is 16.9. The third kappa shape index (κ3) is 4.24. The molecule has 0 aliphatic carbocycles. The fraction of sp³-hybridized carbons (Fsp3) is 0.211. The summed E-state index contributed by atoms with van der Waals surface area (Å²) in [5, 5.41) is 11.3. The van der Waals surface area contributed by atoms with E-state index < -0.39 is 14.0 Å². The van der Waals surface area contributed by atoms with Crippen molar-refractivity contribution in [1.82, 2.24) is 0 Å². The molecular formula is C19H20O3Si. The molecule has 3 nitrogen and oxygen atoms in total. The SMILES string of the molecule is COC=C(C(=O)O)c1cccc2ccc(C#C[Si](C)(C)C)cc12. The third-order valence-electron chi connectivity index (χ3n) is 3.22. The van der Waals surface area contributed by atoms with E-state index in [9.17, 15) is 9.90 Å². The predicted molar refractivity (Wildman–Crippen MR) is 96.8 cm³/mol. The van der Waals surface area contributed by atoms with Gasteiger partial charge in [0.15, 0.2) is 0 Å². The molecule has 0 bridgehead atoms. The number of benzene rings is 2. The largest absolute Gasteiger partial charge is 0.503 e. The van der Waals surface area contributed by atoms with Crippen molar-refractivity contribution in [2.45, 2.75) is 19.6 Å². The molecule has 23 heavy (non-hydrogen) atoms. The lowest BCUT2D eigenvalue weighted by atomic mass is 9.97. The van der Waals surface area contributed by atoms with E-state index in [4.69, 9.17) is 4.74 Å². The minimum Gasteiger partial charge on any atom is -0.503 e. The van der Waals surface area contributed by atoms with Crippen LogP contribution in [0.5, 0.6) is 0 Å². The van der Waals surface area contributed by atoms with Crippen LogP contribution >= 0.6 is 0 Å². The summed E-state index contributed by atoms with van der Waals surface area (Å²) < 4.78 is 4.93. The summed E-state index contributed by atoms with van der Waals surface area (Å²) in [4.78, 5) is 11.5. The average Bonchev–Trinajstić information content (AvgIpc) is 2.49. The molecule has 1 N–H and O–H groups in total. The van der Waals surface area contributed by atoms with Crippen molar-refractivity contribution >= 4 is 30.4 Å². The molecule has 4 heteroatoms. The molecular weight excluding hydrogens is 304 g/mol. The summed E-state index contributed by atoms with van der Waals surface area (Å²) in [7, 11) is -0.0167. The highest BCUT2D eigenvalue weighted by molar-refractivity contribution is 6.83. The normalized spacial score (nSPS) is 11.7. The van der Waals surface area contributed by atoms with Gasteiger partial charge in [-0.3, -0.25) is 0 Å². The Labute approximate surface area is 137 Å². The first-order valence-electron chi connectivity index (χ1n) is 7.34. The van der Waals surface area contributed by atoms with E-state index in [1.807, 2.05) is 30.3 Å². The molecule has 0 aliphatic heterocycles. The Hall–Kier alpha value is -2.51. The van der Waals surface area contributed by atoms with Crippen molar-refractivity contribution in [1.29, 1.82) is 0 Å². The van der Waals surface area contributed by atoms with Gasteiger partial charge in [-0.25, -0.2) is 4.79 Å². The summed E-state index contributed by atoms with van der Waals surface area (Å²) in [5.41, 5.74) is 5.00. The van der Waals surface area contributed by atoms with E-state index >= 15 is 0 Å². The van der Waals surface area contributed by atoms with Gasteiger partial charge in [-0.2, -0.15) is 0 Å². The van der Waals surface area contributed by atoms with Gasteiger partial charge in [-0.05, 0) is 28.5 Å². The van der Waals surface area contributed by atoms with Crippen LogP contribution in [-0.4, -0.2) is 26.3 Å². The number of fused-ring (bicyclic) bond motifs is 1. The summed E-state index contributed by atoms with van der Waals surface area (Å²) in [6.07, 6.45) is 1.26. The number of carbonyl (C=O) groups is 1. The maximum atomic E-state index is 11.5. The molecule has 0 saturated heterocycles. The van der Waals surface area contributed by atoms with Crippen molar-refractivity contribution in [3.63, 3.8) is 0 Å². The number of methoxy groups -OCH3 is 1. The molecule has 2 aromatic rings. The maximum absolute atomic E-state index is 11.5. The van der Waals surface area contributed by atoms with E-state index in [2.05, 4.69) is 31.1 Å². The van der Waals surface area contributed by atoms with Crippen LogP contribution in [0.2, 0.25) is 19.6 Å². The lowest BCUT2D eigenvalue weighted by Crippen LogP contribution is -2.16. The van der Waals surface area contributed by atoms with Gasteiger partial charge >= 0.3 is 5.97 Å². The van der Waals surface area contributed by atoms with Gasteiger partial charge in [-0.15, -0.1) is 5.54 Å². The second kappa shape index (κ2) is 6.72. The van der Waals surface area contributed by atoms with Gasteiger partial charge in [0.25, 0.3) is 0 Å². The van der Waals surface area contributed by atoms with Crippen molar-refractivity contribution < 1.29 is 14.6 Å². The lowest BCUT2D eigenvalue weighted by molar-refractivity contribution is -0.130. The summed E-state index contributed by atoms with van der Waals surface area (Å²) in [5.74, 6) is 2.20. The second-order valence-corrected chi connectivity index (χ2v) is 11.1. The van der Waals surface area contributed by atoms with Gasteiger partial charge in [0.2, 0.25) is 0 Å². The topological polar surface area (TPSA) is 46.5 Å². The zero-order valence-corrected chi connectivity index (χ0v) is 14.8. The maximum Gasteiger partial charge on any atom is 0.339 e. The van der Waals surface area contributed by atoms with E-state index in [1.54, 1.807) is 6.07 Å². The Kier molecular flexibility index (Phi) is 4.92. The quantitative estimate of drug-likeness (QED) is 0.399. The molecule has 0 saturated carbocycles. The number of aliphatic carboxylic acids is 1. The molecule has 0 fully saturated rings. The molecule has 0 aromatic heterocycles. The molecule has 0 atom stereocenters. The van der Waals surface area contributed by atoms with Crippen LogP contribution < -0.4 is 0 Å². The molecule has 0 spiro atoms. The zero-order chi connectivity index (χ0) is 17.0. The van der Waals surface area contributed by atoms with E-state index in [1.165, 1.54) is 13.4 Å². The van der Waals surface area contributed by atoms with Crippen LogP contribution in [0.15, 0.2) is 42.7 Å². The van der Waals surface area contributed by atoms with Crippen LogP contribution in [0.1, 0.15) is 11.1 Å². The van der Waals surface area contributed by atoms with Crippen molar-refractivity contribution in [3.8, 4) is 11.5 Å². The minimum absolute atomic E-state index is 0.133. The zero-order valence-electron chi connectivity index (χ0n) is 13.8. The highest BCUT2D eigenvalue weighted by Gasteiger charge is 2.14. The number of rotatable bonds is 3. The van der Waals surface area contributed by atoms with Crippen LogP contribution in [0.3, 0.4) is 0 Å². The Morgan fingerprint density at radius 3 is 2.57 bits per heavy atom. The van der Waals surface area contributed by atoms with Gasteiger partial charge in [0, 0.05) is 5.56 Å². The summed E-state index contributed by atoms with van der Waals surface area (Å²) >= 11 is 0. The molecule has 2 rings (SSSR count). The number of carboxylic acid groups (broad SMARTS) is 1. The van der Waals surface area contributed by atoms with Crippen LogP contribution in [0, 0.1) is 11.5 Å². The Morgan fingerprint density at radius 2 is 1.96 bits per heavy atom. The van der Waals surface area contributed by atoms with Gasteiger partial charge in [0.1, 0.15) is 13.6 Å². The monoisotopic (exact) mass is 324 g/mol. The van der Waals surface area contributed by atoms with Crippen molar-refractivity contribution in [3.05, 3.63) is 53.8 Å². The molecule has 118 valence electrons. The Balaban J connectivity index is 2.64. The summed E-state index contributed by atoms with van der Waals surface area (Å²) in [6, 6.07) is 11.5. The van der Waals surface area contributed by atoms with Crippen LogP contribution in [-0.2, 0) is 9.53 Å². The number of carboxylic acids is 1. The second-order valence-electron chi connectivity index (χ2n) is 6.31. The van der Waals surface area contributed by atoms with Crippen LogP contribution in [0.4, 0.5) is 0 Å². The molecule has 0 unspecified atom stereocenters. The highest BCUT2D eigenvalue weighted by atomic mass is 28.3. The van der Waals surface area contributed by atoms with Crippen LogP contribution in [0.25, 0.3) is 16.3 Å². The molecule has 0 amide bonds. The highest BCUT2D eigenvalue weighted by Crippen LogP contribution is 2.26. The standard InChI is InChI=1S/C19H20O3Si/c1-22-13-18(19(20)21)16-7-5-6-15-9-8-14(12-17(15)16)10-11-23(2,3)4/h5-9,12-13H,1-4H3,(H,20,21). The Morgan fingerprint density at radius 1 is 1.22 bits per heavy atom. The predicted octanol–water partition coefficient (Wildman–Crippen LogP) is 4.14. The number of ether oxygens (including phenoxy) is 1. The Bertz CT molecular complexity index is 833. The van der Waals surface area contributed by atoms with Crippen molar-refractivity contribution in [2.24, 2.45) is 0 Å². The minimum atomic E-state index is -1.46. The average molecular weight is 324 g/mol. The fourth-order valence-electron chi connectivity index (χ4n) is 2.19. The number of hydrogen-bond acceptors (Lipinski definition) is 2. The fourth-order valence-corrected chi connectivity index (χ4v) is 2.71. The van der Waals surface area contributed by atoms with Crippen molar-refractivity contribution in [2.75, 3.05) is 7.11 Å². The van der Waals surface area contributed by atoms with E-state index in [0.29, 0.717) is 5.56 Å². The smallest absolute Gasteiger partial charge is 0.339 e. The third-order valence-corrected chi connectivity index (χ3v) is 4.10. The molecule has 0 aliphatic rings. The molecule has 0 radical (unpaired) electrons. The van der Waals surface area contributed by atoms with Gasteiger partial charge < -0.3 is 9.84 Å².